The maximum absolute atomic E-state index is 11.7. The van der Waals surface area contributed by atoms with E-state index in [2.05, 4.69) is 5.32 Å². The number of hydrogen-bond acceptors (Lipinski definition) is 4. The van der Waals surface area contributed by atoms with Crippen molar-refractivity contribution in [3.63, 3.8) is 0 Å². The number of hydrogen-bond donors (Lipinski definition) is 1. The number of carbonyl (C=O) groups is 2. The molecule has 0 aliphatic rings. The van der Waals surface area contributed by atoms with Gasteiger partial charge in [-0.05, 0) is 44.5 Å². The summed E-state index contributed by atoms with van der Waals surface area (Å²) in [5, 5.41) is 2.81. The van der Waals surface area contributed by atoms with Crippen LogP contribution in [0.4, 0.5) is 0 Å². The molecule has 0 unspecified atom stereocenters. The number of carbonyl (C=O) groups excluding carboxylic acids is 2. The largest absolute Gasteiger partial charge is 0.484 e. The van der Waals surface area contributed by atoms with Crippen LogP contribution in [0.3, 0.4) is 0 Å². The van der Waals surface area contributed by atoms with Crippen molar-refractivity contribution in [2.24, 2.45) is 0 Å². The van der Waals surface area contributed by atoms with Crippen LogP contribution in [-0.4, -0.2) is 24.8 Å². The molecule has 0 aliphatic carbocycles. The average molecular weight is 317 g/mol. The Balaban J connectivity index is 1.69. The van der Waals surface area contributed by atoms with Gasteiger partial charge in [-0.2, -0.15) is 0 Å². The minimum Gasteiger partial charge on any atom is -0.484 e. The van der Waals surface area contributed by atoms with Crippen LogP contribution in [-0.2, 0) is 11.2 Å². The standard InChI is InChI=1S/C17H19NO3S/c1-12-3-5-14(6-4-12)21-11-17(20)18-10-9-15-7-8-16(22-15)13(2)19/h3-8H,9-11H2,1-2H3,(H,18,20). The lowest BCUT2D eigenvalue weighted by Crippen LogP contribution is -2.30. The van der Waals surface area contributed by atoms with Gasteiger partial charge in [-0.3, -0.25) is 9.59 Å². The van der Waals surface area contributed by atoms with Crippen LogP contribution in [0.25, 0.3) is 0 Å². The molecule has 1 aromatic heterocycles. The van der Waals surface area contributed by atoms with Crippen LogP contribution < -0.4 is 10.1 Å². The monoisotopic (exact) mass is 317 g/mol. The fourth-order valence-corrected chi connectivity index (χ4v) is 2.76. The number of aryl methyl sites for hydroxylation is 1. The molecule has 1 heterocycles. The summed E-state index contributed by atoms with van der Waals surface area (Å²) < 4.78 is 5.41. The van der Waals surface area contributed by atoms with Crippen LogP contribution in [0.2, 0.25) is 0 Å². The summed E-state index contributed by atoms with van der Waals surface area (Å²) >= 11 is 1.47. The third kappa shape index (κ3) is 5.00. The van der Waals surface area contributed by atoms with Gasteiger partial charge in [-0.1, -0.05) is 17.7 Å². The summed E-state index contributed by atoms with van der Waals surface area (Å²) in [6, 6.07) is 11.3. The smallest absolute Gasteiger partial charge is 0.257 e. The number of benzene rings is 1. The maximum Gasteiger partial charge on any atom is 0.257 e. The van der Waals surface area contributed by atoms with Crippen molar-refractivity contribution in [2.75, 3.05) is 13.2 Å². The van der Waals surface area contributed by atoms with Crippen LogP contribution in [0.15, 0.2) is 36.4 Å². The van der Waals surface area contributed by atoms with Crippen LogP contribution >= 0.6 is 11.3 Å². The predicted octanol–water partition coefficient (Wildman–Crippen LogP) is 3.00. The molecule has 0 atom stereocenters. The Hall–Kier alpha value is -2.14. The lowest BCUT2D eigenvalue weighted by Gasteiger charge is -2.07. The van der Waals surface area contributed by atoms with E-state index in [1.54, 1.807) is 6.92 Å². The molecule has 1 amide bonds. The quantitative estimate of drug-likeness (QED) is 0.799. The number of ether oxygens (including phenoxy) is 1. The molecule has 0 saturated heterocycles. The highest BCUT2D eigenvalue weighted by molar-refractivity contribution is 7.14. The normalized spacial score (nSPS) is 10.3. The molecule has 1 N–H and O–H groups in total. The molecule has 0 saturated carbocycles. The first-order chi connectivity index (χ1) is 10.5. The van der Waals surface area contributed by atoms with Crippen LogP contribution in [0.1, 0.15) is 27.0 Å². The van der Waals surface area contributed by atoms with E-state index in [1.807, 2.05) is 43.3 Å². The van der Waals surface area contributed by atoms with E-state index in [1.165, 1.54) is 11.3 Å². The van der Waals surface area contributed by atoms with Gasteiger partial charge in [0.25, 0.3) is 5.91 Å². The molecule has 2 rings (SSSR count). The van der Waals surface area contributed by atoms with Crippen molar-refractivity contribution in [1.29, 1.82) is 0 Å². The van der Waals surface area contributed by atoms with E-state index in [0.29, 0.717) is 18.7 Å². The summed E-state index contributed by atoms with van der Waals surface area (Å²) in [7, 11) is 0. The molecule has 0 spiro atoms. The number of Topliss-reactive ketones (excluding diaryl/α,β-unsaturated/α-hetero) is 1. The van der Waals surface area contributed by atoms with E-state index in [-0.39, 0.29) is 18.3 Å². The first kappa shape index (κ1) is 16.2. The second-order valence-corrected chi connectivity index (χ2v) is 6.19. The average Bonchev–Trinajstić information content (AvgIpc) is 2.96. The molecule has 0 radical (unpaired) electrons. The molecular formula is C17H19NO3S. The topological polar surface area (TPSA) is 55.4 Å². The zero-order chi connectivity index (χ0) is 15.9. The Kier molecular flexibility index (Phi) is 5.72. The van der Waals surface area contributed by atoms with Gasteiger partial charge in [0.15, 0.2) is 12.4 Å². The zero-order valence-electron chi connectivity index (χ0n) is 12.7. The first-order valence-corrected chi connectivity index (χ1v) is 7.92. The highest BCUT2D eigenvalue weighted by Crippen LogP contribution is 2.17. The molecule has 0 bridgehead atoms. The highest BCUT2D eigenvalue weighted by atomic mass is 32.1. The van der Waals surface area contributed by atoms with Gasteiger partial charge in [0.2, 0.25) is 0 Å². The minimum atomic E-state index is -0.149. The van der Waals surface area contributed by atoms with Gasteiger partial charge in [-0.15, -0.1) is 11.3 Å². The molecular weight excluding hydrogens is 298 g/mol. The SMILES string of the molecule is CC(=O)c1ccc(CCNC(=O)COc2ccc(C)cc2)s1. The van der Waals surface area contributed by atoms with Gasteiger partial charge in [0.05, 0.1) is 4.88 Å². The number of amides is 1. The van der Waals surface area contributed by atoms with Gasteiger partial charge < -0.3 is 10.1 Å². The Morgan fingerprint density at radius 1 is 1.14 bits per heavy atom. The Labute approximate surface area is 134 Å². The summed E-state index contributed by atoms with van der Waals surface area (Å²) in [5.74, 6) is 0.612. The molecule has 2 aromatic rings. The summed E-state index contributed by atoms with van der Waals surface area (Å²) in [6.45, 7) is 4.10. The fourth-order valence-electron chi connectivity index (χ4n) is 1.86. The maximum atomic E-state index is 11.7. The second kappa shape index (κ2) is 7.75. The van der Waals surface area contributed by atoms with Crippen molar-refractivity contribution in [2.45, 2.75) is 20.3 Å². The Morgan fingerprint density at radius 3 is 2.50 bits per heavy atom. The van der Waals surface area contributed by atoms with Crippen LogP contribution in [0.5, 0.6) is 5.75 Å². The Bertz CT molecular complexity index is 646. The van der Waals surface area contributed by atoms with Crippen molar-refractivity contribution in [3.8, 4) is 5.75 Å². The Morgan fingerprint density at radius 2 is 1.86 bits per heavy atom. The van der Waals surface area contributed by atoms with Crippen molar-refractivity contribution in [1.82, 2.24) is 5.32 Å². The fraction of sp³-hybridized carbons (Fsp3) is 0.294. The predicted molar refractivity (Wildman–Crippen MR) is 87.7 cm³/mol. The minimum absolute atomic E-state index is 0.00615. The molecule has 0 aliphatic heterocycles. The lowest BCUT2D eigenvalue weighted by atomic mass is 10.2. The number of ketones is 1. The summed E-state index contributed by atoms with van der Waals surface area (Å²) in [4.78, 5) is 24.7. The molecule has 4 nitrogen and oxygen atoms in total. The number of nitrogens with one attached hydrogen (secondary N) is 1. The molecule has 0 fully saturated rings. The summed E-state index contributed by atoms with van der Waals surface area (Å²) in [6.07, 6.45) is 0.716. The molecule has 5 heteroatoms. The van der Waals surface area contributed by atoms with Crippen LogP contribution in [0, 0.1) is 6.92 Å². The number of thiophene rings is 1. The van der Waals surface area contributed by atoms with Crippen molar-refractivity contribution >= 4 is 23.0 Å². The van der Waals surface area contributed by atoms with Crippen molar-refractivity contribution in [3.05, 3.63) is 51.7 Å². The van der Waals surface area contributed by atoms with Gasteiger partial charge in [0, 0.05) is 11.4 Å². The first-order valence-electron chi connectivity index (χ1n) is 7.10. The van der Waals surface area contributed by atoms with E-state index < -0.39 is 0 Å². The van der Waals surface area contributed by atoms with Gasteiger partial charge in [-0.25, -0.2) is 0 Å². The van der Waals surface area contributed by atoms with E-state index in [9.17, 15) is 9.59 Å². The molecule has 116 valence electrons. The zero-order valence-corrected chi connectivity index (χ0v) is 13.5. The van der Waals surface area contributed by atoms with E-state index in [4.69, 9.17) is 4.74 Å². The third-order valence-electron chi connectivity index (χ3n) is 3.09. The summed E-state index contributed by atoms with van der Waals surface area (Å²) in [5.41, 5.74) is 1.15. The van der Waals surface area contributed by atoms with E-state index >= 15 is 0 Å². The number of rotatable bonds is 7. The third-order valence-corrected chi connectivity index (χ3v) is 4.34. The van der Waals surface area contributed by atoms with E-state index in [0.717, 1.165) is 15.3 Å². The lowest BCUT2D eigenvalue weighted by molar-refractivity contribution is -0.123. The van der Waals surface area contributed by atoms with Crippen molar-refractivity contribution < 1.29 is 14.3 Å². The van der Waals surface area contributed by atoms with Gasteiger partial charge in [0.1, 0.15) is 5.75 Å². The highest BCUT2D eigenvalue weighted by Gasteiger charge is 2.06. The molecule has 22 heavy (non-hydrogen) atoms. The van der Waals surface area contributed by atoms with Gasteiger partial charge >= 0.3 is 0 Å². The molecule has 1 aromatic carbocycles. The second-order valence-electron chi connectivity index (χ2n) is 5.02.